The van der Waals surface area contributed by atoms with Crippen LogP contribution in [0, 0.1) is 179 Å². The Morgan fingerprint density at radius 3 is 1.56 bits per heavy atom. The molecule has 0 aromatic carbocycles. The largest absolute Gasteiger partial charge is 0.481 e. The summed E-state index contributed by atoms with van der Waals surface area (Å²) in [7, 11) is 0. The van der Waals surface area contributed by atoms with Gasteiger partial charge in [-0.25, -0.2) is 4.79 Å². The van der Waals surface area contributed by atoms with Crippen LogP contribution in [0.15, 0.2) is 34.4 Å². The van der Waals surface area contributed by atoms with Crippen molar-refractivity contribution in [1.29, 1.82) is 0 Å². The summed E-state index contributed by atoms with van der Waals surface area (Å²) in [4.78, 5) is 25.1. The van der Waals surface area contributed by atoms with E-state index in [-0.39, 0.29) is 168 Å². The van der Waals surface area contributed by atoms with Crippen LogP contribution in [0.5, 0.6) is 0 Å². The molecule has 12 heteroatoms. The fraction of sp³-hybridized carbons (Fsp3) is 0.864. The SMILES string of the molecule is CC(C)=CCC/C(C(=O)O)=C1\C2CC(O)[C@@H]3C(C)(CCC4C(C)C(O)CC[C@@]43C)[C@@]2(C)C[C@@H]1O.CC(C)=CCCC1(C(=O)O)CC12C1CC(O)[C@@H]3C(C)(CCC4C(C)C(O)CC[C@@]43C)[C@@]1(C)C[C@@H]2O.[Ac].[Ac]. The van der Waals surface area contributed by atoms with E-state index < -0.39 is 47.2 Å². The number of aliphatic carboxylic acids is 2. The summed E-state index contributed by atoms with van der Waals surface area (Å²) in [5.74, 6) is -0.403. The molecule has 9 aliphatic rings. The van der Waals surface area contributed by atoms with Gasteiger partial charge >= 0.3 is 11.9 Å². The minimum atomic E-state index is -0.937. The summed E-state index contributed by atoms with van der Waals surface area (Å²) < 4.78 is 0. The first kappa shape index (κ1) is 61.0. The molecule has 0 amide bonds. The molecule has 0 bridgehead atoms. The third kappa shape index (κ3) is 9.02. The maximum absolute atomic E-state index is 12.8. The minimum absolute atomic E-state index is 0. The van der Waals surface area contributed by atoms with E-state index in [9.17, 15) is 50.4 Å². The third-order valence-electron chi connectivity index (χ3n) is 24.4. The van der Waals surface area contributed by atoms with Crippen molar-refractivity contribution >= 4 is 11.9 Å². The number of fused-ring (bicyclic) bond motifs is 11. The molecule has 9 saturated carbocycles. The second-order valence-corrected chi connectivity index (χ2v) is 27.5. The van der Waals surface area contributed by atoms with Crippen molar-refractivity contribution in [2.75, 3.05) is 0 Å². The monoisotopic (exact) mass is 1420 g/mol. The molecule has 0 saturated heterocycles. The van der Waals surface area contributed by atoms with Crippen LogP contribution in [0.2, 0.25) is 0 Å². The predicted octanol–water partition coefficient (Wildman–Crippen LogP) is 10.3. The zero-order valence-corrected chi connectivity index (χ0v) is 55.3. The molecular weight excluding hydrogens is 1320 g/mol. The van der Waals surface area contributed by atoms with Gasteiger partial charge in [-0.15, -0.1) is 0 Å². The molecular formula is C59H94Ac2O10. The van der Waals surface area contributed by atoms with Gasteiger partial charge < -0.3 is 40.9 Å². The number of allylic oxidation sites excluding steroid dienone is 4. The maximum atomic E-state index is 12.8. The molecule has 0 aromatic heterocycles. The van der Waals surface area contributed by atoms with Gasteiger partial charge in [-0.2, -0.15) is 0 Å². The Morgan fingerprint density at radius 2 is 1.08 bits per heavy atom. The number of carbonyl (C=O) groups is 2. The second kappa shape index (κ2) is 21.1. The quantitative estimate of drug-likeness (QED) is 0.0856. The summed E-state index contributed by atoms with van der Waals surface area (Å²) in [6, 6.07) is 0. The molecule has 22 atom stereocenters. The van der Waals surface area contributed by atoms with Crippen molar-refractivity contribution in [3.05, 3.63) is 34.4 Å². The standard InChI is InChI=1S/C30H48O5.C29H46O5.2Ac/c1-17(2)8-7-11-29(25(34)35)16-30(29)22-14-21(32)24-26(4)12-10-20(31)18(3)19(26)9-13-27(24,5)28(22,6)15-23(30)33;1-16(2)8-7-9-18(26(33)34)24-20-14-22(31)25-27(4)12-11-21(30)17(3)19(27)10-13-28(25,5)29(20,6)15-23(24)32;;/h8,18-24,31-33H,7,9-16H2,1-6H3,(H,34,35);8,17,19-23,25,30-32H,7,9-15H2,1-6H3,(H,33,34);;/b;24-18-;;/t18?,19?,20?,21?,22?,23-,24-,26-,27?,28-,29?,30?;17?,19?,20?,21?,22?,23-,25-,27-,28?,29-;;/m00../s1. The Bertz CT molecular complexity index is 2120. The number of aliphatic hydroxyl groups is 6. The number of rotatable bonds is 8. The number of carboxylic acids is 2. The molecule has 2 radical (unpaired) electrons. The molecule has 1 spiro atoms. The second-order valence-electron chi connectivity index (χ2n) is 27.5. The van der Waals surface area contributed by atoms with E-state index in [1.54, 1.807) is 0 Å². The van der Waals surface area contributed by atoms with Crippen molar-refractivity contribution in [2.24, 2.45) is 90.7 Å². The molecule has 9 aliphatic carbocycles. The average molecular weight is 1420 g/mol. The topological polar surface area (TPSA) is 196 Å². The number of hydrogen-bond acceptors (Lipinski definition) is 8. The summed E-state index contributed by atoms with van der Waals surface area (Å²) in [5.41, 5.74) is 0.899. The summed E-state index contributed by atoms with van der Waals surface area (Å²) in [6.07, 6.45) is 13.7. The first-order valence-corrected chi connectivity index (χ1v) is 27.5. The van der Waals surface area contributed by atoms with Crippen LogP contribution in [0.4, 0.5) is 0 Å². The van der Waals surface area contributed by atoms with Gasteiger partial charge in [0.1, 0.15) is 0 Å². The Morgan fingerprint density at radius 1 is 0.606 bits per heavy atom. The van der Waals surface area contributed by atoms with E-state index >= 15 is 0 Å². The first-order valence-electron chi connectivity index (χ1n) is 27.5. The smallest absolute Gasteiger partial charge is 0.331 e. The number of hydrogen-bond donors (Lipinski definition) is 8. The maximum Gasteiger partial charge on any atom is 0.331 e. The molecule has 71 heavy (non-hydrogen) atoms. The van der Waals surface area contributed by atoms with Gasteiger partial charge in [0.05, 0.1) is 42.0 Å². The third-order valence-corrected chi connectivity index (χ3v) is 24.4. The molecule has 0 aliphatic heterocycles. The predicted molar refractivity (Wildman–Crippen MR) is 268 cm³/mol. The van der Waals surface area contributed by atoms with Crippen molar-refractivity contribution in [3.63, 3.8) is 0 Å². The zero-order valence-electron chi connectivity index (χ0n) is 45.8. The molecule has 10 nitrogen and oxygen atoms in total. The van der Waals surface area contributed by atoms with Gasteiger partial charge in [-0.1, -0.05) is 78.7 Å². The van der Waals surface area contributed by atoms with Gasteiger partial charge in [0, 0.05) is 99.1 Å². The molecule has 0 aromatic rings. The van der Waals surface area contributed by atoms with E-state index in [4.69, 9.17) is 0 Å². The normalized spacial score (nSPS) is 51.6. The van der Waals surface area contributed by atoms with Gasteiger partial charge in [0.25, 0.3) is 0 Å². The first-order chi connectivity index (χ1) is 32.0. The van der Waals surface area contributed by atoms with Crippen LogP contribution in [0.25, 0.3) is 0 Å². The van der Waals surface area contributed by atoms with Crippen LogP contribution < -0.4 is 0 Å². The van der Waals surface area contributed by atoms with Gasteiger partial charge in [0.2, 0.25) is 0 Å². The van der Waals surface area contributed by atoms with E-state index in [1.165, 1.54) is 5.57 Å². The van der Waals surface area contributed by atoms with Crippen LogP contribution >= 0.6 is 0 Å². The van der Waals surface area contributed by atoms with Gasteiger partial charge in [0.15, 0.2) is 0 Å². The average Bonchev–Trinajstić information content (AvgIpc) is 3.79. The van der Waals surface area contributed by atoms with Crippen LogP contribution in [0.3, 0.4) is 0 Å². The fourth-order valence-electron chi connectivity index (χ4n) is 20.8. The van der Waals surface area contributed by atoms with Crippen molar-refractivity contribution in [3.8, 4) is 0 Å². The number of aliphatic hydroxyl groups excluding tert-OH is 6. The Balaban J connectivity index is 0.000000226. The zero-order chi connectivity index (χ0) is 51.0. The number of carboxylic acid groups (broad SMARTS) is 2. The van der Waals surface area contributed by atoms with Crippen molar-refractivity contribution in [1.82, 2.24) is 0 Å². The van der Waals surface area contributed by atoms with E-state index in [1.807, 2.05) is 27.7 Å². The molecule has 0 heterocycles. The molecule has 9 fully saturated rings. The van der Waals surface area contributed by atoms with E-state index in [2.05, 4.69) is 67.5 Å². The Labute approximate surface area is 499 Å². The van der Waals surface area contributed by atoms with Crippen molar-refractivity contribution in [2.45, 2.75) is 229 Å². The molecule has 8 N–H and O–H groups in total. The van der Waals surface area contributed by atoms with E-state index in [0.29, 0.717) is 74.3 Å². The minimum Gasteiger partial charge on any atom is -0.481 e. The van der Waals surface area contributed by atoms with Crippen LogP contribution in [-0.4, -0.2) is 89.4 Å². The van der Waals surface area contributed by atoms with Gasteiger partial charge in [-0.05, 0) is 222 Å². The summed E-state index contributed by atoms with van der Waals surface area (Å²) in [5, 5.41) is 88.5. The van der Waals surface area contributed by atoms with Crippen LogP contribution in [0.1, 0.15) is 192 Å². The van der Waals surface area contributed by atoms with Crippen LogP contribution in [-0.2, 0) is 9.59 Å². The fourth-order valence-corrected chi connectivity index (χ4v) is 20.8. The van der Waals surface area contributed by atoms with Gasteiger partial charge in [-0.3, -0.25) is 4.79 Å². The summed E-state index contributed by atoms with van der Waals surface area (Å²) >= 11 is 0. The van der Waals surface area contributed by atoms with E-state index in [0.717, 1.165) is 63.4 Å². The Hall–Kier alpha value is 0.803. The molecule has 9 rings (SSSR count). The van der Waals surface area contributed by atoms with Crippen molar-refractivity contribution < 1.29 is 139 Å². The molecule has 396 valence electrons. The molecule has 14 unspecified atom stereocenters. The Kier molecular flexibility index (Phi) is 18.2. The summed E-state index contributed by atoms with van der Waals surface area (Å²) in [6.45, 7) is 26.4.